The Balaban J connectivity index is 1.56. The van der Waals surface area contributed by atoms with Crippen molar-refractivity contribution in [1.82, 2.24) is 9.97 Å². The van der Waals surface area contributed by atoms with Gasteiger partial charge < -0.3 is 5.32 Å². The zero-order chi connectivity index (χ0) is 20.7. The topological polar surface area (TPSA) is 75.2 Å². The number of sulfonamides is 1. The van der Waals surface area contributed by atoms with Gasteiger partial charge in [-0.05, 0) is 55.0 Å². The highest BCUT2D eigenvalue weighted by Crippen LogP contribution is 2.42. The third-order valence-corrected chi connectivity index (χ3v) is 7.43. The summed E-state index contributed by atoms with van der Waals surface area (Å²) < 4.78 is 27.7. The Hall–Kier alpha value is -3.19. The van der Waals surface area contributed by atoms with Gasteiger partial charge >= 0.3 is 0 Å². The summed E-state index contributed by atoms with van der Waals surface area (Å²) in [7, 11) is -3.75. The van der Waals surface area contributed by atoms with E-state index in [1.54, 1.807) is 12.1 Å². The maximum atomic E-state index is 13.2. The molecule has 1 aliphatic heterocycles. The maximum Gasteiger partial charge on any atom is 0.268 e. The highest BCUT2D eigenvalue weighted by molar-refractivity contribution is 7.93. The normalized spacial score (nSPS) is 16.2. The molecule has 1 N–H and O–H groups in total. The highest BCUT2D eigenvalue weighted by atomic mass is 32.2. The maximum absolute atomic E-state index is 13.2. The summed E-state index contributed by atoms with van der Waals surface area (Å²) in [6, 6.07) is 13.7. The van der Waals surface area contributed by atoms with E-state index in [9.17, 15) is 8.42 Å². The number of hydrogen-bond donors (Lipinski definition) is 1. The fraction of sp³-hybridized carbons (Fsp3) is 0.217. The lowest BCUT2D eigenvalue weighted by Gasteiger charge is -2.30. The number of benzene rings is 2. The van der Waals surface area contributed by atoms with E-state index < -0.39 is 10.0 Å². The number of aromatic nitrogens is 2. The molecule has 30 heavy (non-hydrogen) atoms. The molecule has 0 atom stereocenters. The minimum atomic E-state index is -3.75. The fourth-order valence-corrected chi connectivity index (χ4v) is 5.75. The third-order valence-electron chi connectivity index (χ3n) is 5.65. The molecule has 2 aliphatic rings. The van der Waals surface area contributed by atoms with Crippen molar-refractivity contribution in [3.05, 3.63) is 72.4 Å². The number of fused-ring (bicyclic) bond motifs is 4. The molecule has 5 rings (SSSR count). The van der Waals surface area contributed by atoms with Crippen molar-refractivity contribution >= 4 is 27.3 Å². The first-order chi connectivity index (χ1) is 14.6. The Kier molecular flexibility index (Phi) is 4.55. The molecule has 0 fully saturated rings. The van der Waals surface area contributed by atoms with Gasteiger partial charge in [0.15, 0.2) is 0 Å². The molecule has 0 radical (unpaired) electrons. The molecule has 0 saturated heterocycles. The highest BCUT2D eigenvalue weighted by Gasteiger charge is 2.35. The van der Waals surface area contributed by atoms with E-state index in [0.717, 1.165) is 24.1 Å². The summed E-state index contributed by atoms with van der Waals surface area (Å²) in [5.74, 6) is 0.381. The van der Waals surface area contributed by atoms with Crippen LogP contribution in [0.15, 0.2) is 66.2 Å². The van der Waals surface area contributed by atoms with Gasteiger partial charge in [0, 0.05) is 11.3 Å². The minimum absolute atomic E-state index is 0.110. The van der Waals surface area contributed by atoms with Crippen molar-refractivity contribution in [2.45, 2.75) is 30.6 Å². The van der Waals surface area contributed by atoms with Crippen LogP contribution in [0.5, 0.6) is 0 Å². The van der Waals surface area contributed by atoms with Crippen LogP contribution in [-0.2, 0) is 22.9 Å². The molecule has 2 aromatic carbocycles. The van der Waals surface area contributed by atoms with Gasteiger partial charge in [-0.2, -0.15) is 0 Å². The van der Waals surface area contributed by atoms with Crippen LogP contribution < -0.4 is 9.62 Å². The van der Waals surface area contributed by atoms with Crippen LogP contribution >= 0.6 is 0 Å². The average Bonchev–Trinajstić information content (AvgIpc) is 2.76. The van der Waals surface area contributed by atoms with Crippen molar-refractivity contribution in [3.63, 3.8) is 0 Å². The van der Waals surface area contributed by atoms with E-state index in [1.807, 2.05) is 24.3 Å². The molecule has 0 unspecified atom stereocenters. The zero-order valence-corrected chi connectivity index (χ0v) is 17.3. The lowest BCUT2D eigenvalue weighted by Crippen LogP contribution is -2.35. The summed E-state index contributed by atoms with van der Waals surface area (Å²) in [5, 5.41) is 3.25. The summed E-state index contributed by atoms with van der Waals surface area (Å²) in [6.45, 7) is 3.88. The number of rotatable bonds is 4. The molecular weight excluding hydrogens is 396 g/mol. The molecule has 0 saturated carbocycles. The monoisotopic (exact) mass is 418 g/mol. The van der Waals surface area contributed by atoms with Crippen molar-refractivity contribution in [3.8, 4) is 11.3 Å². The average molecular weight is 419 g/mol. The Bertz CT molecular complexity index is 1250. The molecule has 3 aromatic rings. The van der Waals surface area contributed by atoms with E-state index in [0.29, 0.717) is 17.3 Å². The Morgan fingerprint density at radius 2 is 1.90 bits per heavy atom. The lowest BCUT2D eigenvalue weighted by atomic mass is 9.91. The van der Waals surface area contributed by atoms with Gasteiger partial charge in [-0.1, -0.05) is 30.3 Å². The van der Waals surface area contributed by atoms with Crippen molar-refractivity contribution in [2.24, 2.45) is 0 Å². The lowest BCUT2D eigenvalue weighted by molar-refractivity contribution is 0.591. The van der Waals surface area contributed by atoms with Gasteiger partial charge in [-0.15, -0.1) is 6.58 Å². The van der Waals surface area contributed by atoms with Gasteiger partial charge in [-0.25, -0.2) is 18.4 Å². The second-order valence-electron chi connectivity index (χ2n) is 7.56. The largest absolute Gasteiger partial charge is 0.324 e. The number of para-hydroxylation sites is 1. The summed E-state index contributed by atoms with van der Waals surface area (Å²) in [6.07, 6.45) is 7.63. The Morgan fingerprint density at radius 1 is 1.10 bits per heavy atom. The first kappa shape index (κ1) is 18.8. The van der Waals surface area contributed by atoms with Crippen molar-refractivity contribution in [2.75, 3.05) is 16.2 Å². The van der Waals surface area contributed by atoms with Gasteiger partial charge in [0.05, 0.1) is 24.1 Å². The standard InChI is InChI=1S/C23H22N4O2S/c1-2-13-27-20-10-6-5-9-19(20)22-21(30(27,28)29)15-24-23(26-22)25-18-12-11-16-7-3-4-8-17(16)14-18/h2,5-6,9-12,14-15H,1,3-4,7-8,13H2,(H,24,25,26). The molecule has 0 spiro atoms. The second-order valence-corrected chi connectivity index (χ2v) is 9.39. The predicted octanol–water partition coefficient (Wildman–Crippen LogP) is 4.46. The van der Waals surface area contributed by atoms with Crippen molar-refractivity contribution < 1.29 is 8.42 Å². The van der Waals surface area contributed by atoms with Crippen LogP contribution in [0.2, 0.25) is 0 Å². The molecule has 0 amide bonds. The van der Waals surface area contributed by atoms with Gasteiger partial charge in [0.2, 0.25) is 5.95 Å². The van der Waals surface area contributed by atoms with Crippen LogP contribution in [0.25, 0.3) is 11.3 Å². The minimum Gasteiger partial charge on any atom is -0.324 e. The van der Waals surface area contributed by atoms with Gasteiger partial charge in [-0.3, -0.25) is 4.31 Å². The van der Waals surface area contributed by atoms with Crippen LogP contribution in [0, 0.1) is 0 Å². The first-order valence-electron chi connectivity index (χ1n) is 10.1. The number of anilines is 3. The van der Waals surface area contributed by atoms with Crippen LogP contribution in [0.1, 0.15) is 24.0 Å². The Morgan fingerprint density at radius 3 is 2.73 bits per heavy atom. The van der Waals surface area contributed by atoms with E-state index in [-0.39, 0.29) is 11.4 Å². The van der Waals surface area contributed by atoms with E-state index in [4.69, 9.17) is 0 Å². The summed E-state index contributed by atoms with van der Waals surface area (Å²) >= 11 is 0. The molecule has 1 aromatic heterocycles. The van der Waals surface area contributed by atoms with Crippen LogP contribution in [0.3, 0.4) is 0 Å². The van der Waals surface area contributed by atoms with E-state index in [2.05, 4.69) is 34.0 Å². The number of nitrogens with zero attached hydrogens (tertiary/aromatic N) is 3. The quantitative estimate of drug-likeness (QED) is 0.633. The summed E-state index contributed by atoms with van der Waals surface area (Å²) in [5.41, 5.74) is 5.46. The van der Waals surface area contributed by atoms with Gasteiger partial charge in [0.25, 0.3) is 10.0 Å². The molecule has 2 heterocycles. The van der Waals surface area contributed by atoms with Gasteiger partial charge in [0.1, 0.15) is 4.90 Å². The molecule has 1 aliphatic carbocycles. The summed E-state index contributed by atoms with van der Waals surface area (Å²) in [4.78, 5) is 9.02. The SMILES string of the molecule is C=CCN1c2ccccc2-c2nc(Nc3ccc4c(c3)CCCC4)ncc2S1(=O)=O. The first-order valence-corrected chi connectivity index (χ1v) is 11.5. The van der Waals surface area contributed by atoms with Crippen LogP contribution in [0.4, 0.5) is 17.3 Å². The fourth-order valence-electron chi connectivity index (χ4n) is 4.21. The zero-order valence-electron chi connectivity index (χ0n) is 16.5. The second kappa shape index (κ2) is 7.25. The molecule has 0 bridgehead atoms. The Labute approximate surface area is 176 Å². The molecule has 7 heteroatoms. The van der Waals surface area contributed by atoms with Crippen LogP contribution in [-0.4, -0.2) is 24.9 Å². The third kappa shape index (κ3) is 3.06. The number of nitrogens with one attached hydrogen (secondary N) is 1. The predicted molar refractivity (Wildman–Crippen MR) is 119 cm³/mol. The molecule has 6 nitrogen and oxygen atoms in total. The van der Waals surface area contributed by atoms with Crippen molar-refractivity contribution in [1.29, 1.82) is 0 Å². The smallest absolute Gasteiger partial charge is 0.268 e. The number of aryl methyl sites for hydroxylation is 2. The molecule has 152 valence electrons. The van der Waals surface area contributed by atoms with E-state index in [1.165, 1.54) is 34.5 Å². The van der Waals surface area contributed by atoms with E-state index >= 15 is 0 Å². The molecular formula is C23H22N4O2S. The number of hydrogen-bond acceptors (Lipinski definition) is 5.